The number of hydrogen-bond donors (Lipinski definition) is 0. The molecule has 1 saturated carbocycles. The number of amides is 1. The maximum Gasteiger partial charge on any atom is 0.283 e. The van der Waals surface area contributed by atoms with Crippen LogP contribution in [0.2, 0.25) is 0 Å². The minimum Gasteiger partial charge on any atom is -0.339 e. The van der Waals surface area contributed by atoms with Crippen LogP contribution in [0, 0.1) is 10.1 Å². The van der Waals surface area contributed by atoms with Gasteiger partial charge in [-0.2, -0.15) is 0 Å². The third-order valence-corrected chi connectivity index (χ3v) is 4.85. The fourth-order valence-corrected chi connectivity index (χ4v) is 3.35. The zero-order valence-corrected chi connectivity index (χ0v) is 13.2. The number of thioether (sulfide) groups is 1. The lowest BCUT2D eigenvalue weighted by molar-refractivity contribution is -0.387. The average molecular weight is 308 g/mol. The van der Waals surface area contributed by atoms with Crippen LogP contribution in [0.3, 0.4) is 0 Å². The summed E-state index contributed by atoms with van der Waals surface area (Å²) in [5.41, 5.74) is 0.401. The maximum absolute atomic E-state index is 12.5. The lowest BCUT2D eigenvalue weighted by Crippen LogP contribution is -2.38. The van der Waals surface area contributed by atoms with Crippen LogP contribution in [0.25, 0.3) is 0 Å². The molecule has 2 rings (SSSR count). The van der Waals surface area contributed by atoms with Crippen molar-refractivity contribution < 1.29 is 9.72 Å². The second-order valence-electron chi connectivity index (χ2n) is 5.35. The molecule has 0 heterocycles. The van der Waals surface area contributed by atoms with Gasteiger partial charge >= 0.3 is 0 Å². The first kappa shape index (κ1) is 15.8. The molecule has 0 aromatic heterocycles. The van der Waals surface area contributed by atoms with Crippen molar-refractivity contribution in [1.82, 2.24) is 4.90 Å². The number of carbonyl (C=O) groups excluding carboxylic acids is 1. The first-order valence-corrected chi connectivity index (χ1v) is 8.36. The molecule has 1 aromatic carbocycles. The van der Waals surface area contributed by atoms with Gasteiger partial charge in [-0.25, -0.2) is 0 Å². The van der Waals surface area contributed by atoms with E-state index in [1.807, 2.05) is 0 Å². The van der Waals surface area contributed by atoms with Crippen LogP contribution in [0.1, 0.15) is 42.5 Å². The molecular formula is C15H20N2O3S. The Balaban J connectivity index is 2.22. The molecule has 1 aromatic rings. The van der Waals surface area contributed by atoms with Crippen LogP contribution in [-0.2, 0) is 0 Å². The Bertz CT molecular complexity index is 542. The van der Waals surface area contributed by atoms with E-state index in [1.54, 1.807) is 30.3 Å². The number of nitro groups is 1. The first-order valence-electron chi connectivity index (χ1n) is 7.14. The Morgan fingerprint density at radius 1 is 1.33 bits per heavy atom. The Kier molecular flexibility index (Phi) is 5.22. The molecule has 6 heteroatoms. The van der Waals surface area contributed by atoms with Gasteiger partial charge in [-0.15, -0.1) is 11.8 Å². The Morgan fingerprint density at radius 2 is 2.00 bits per heavy atom. The molecule has 5 nitrogen and oxygen atoms in total. The van der Waals surface area contributed by atoms with Gasteiger partial charge in [0.05, 0.1) is 9.82 Å². The summed E-state index contributed by atoms with van der Waals surface area (Å²) in [4.78, 5) is 25.5. The van der Waals surface area contributed by atoms with Gasteiger partial charge in [0.15, 0.2) is 0 Å². The lowest BCUT2D eigenvalue weighted by Gasteiger charge is -2.31. The quantitative estimate of drug-likeness (QED) is 0.483. The predicted octanol–water partition coefficient (Wildman–Crippen LogP) is 3.72. The van der Waals surface area contributed by atoms with Gasteiger partial charge in [0.2, 0.25) is 0 Å². The fraction of sp³-hybridized carbons (Fsp3) is 0.533. The van der Waals surface area contributed by atoms with Crippen molar-refractivity contribution in [2.45, 2.75) is 43.0 Å². The summed E-state index contributed by atoms with van der Waals surface area (Å²) in [6.07, 6.45) is 7.35. The van der Waals surface area contributed by atoms with Crippen molar-refractivity contribution in [1.29, 1.82) is 0 Å². The largest absolute Gasteiger partial charge is 0.339 e. The van der Waals surface area contributed by atoms with E-state index < -0.39 is 4.92 Å². The summed E-state index contributed by atoms with van der Waals surface area (Å²) in [5.74, 6) is -0.127. The molecule has 0 saturated heterocycles. The molecule has 114 valence electrons. The Labute approximate surface area is 128 Å². The molecule has 0 atom stereocenters. The van der Waals surface area contributed by atoms with E-state index in [0.717, 1.165) is 25.7 Å². The van der Waals surface area contributed by atoms with E-state index >= 15 is 0 Å². The van der Waals surface area contributed by atoms with Gasteiger partial charge in [0.1, 0.15) is 0 Å². The highest BCUT2D eigenvalue weighted by Crippen LogP contribution is 2.29. The smallest absolute Gasteiger partial charge is 0.283 e. The molecule has 0 radical (unpaired) electrons. The number of carbonyl (C=O) groups is 1. The number of hydrogen-bond acceptors (Lipinski definition) is 4. The van der Waals surface area contributed by atoms with Crippen LogP contribution in [0.5, 0.6) is 0 Å². The third kappa shape index (κ3) is 3.56. The minimum absolute atomic E-state index is 0.00499. The van der Waals surface area contributed by atoms with Gasteiger partial charge in [-0.3, -0.25) is 14.9 Å². The highest BCUT2D eigenvalue weighted by molar-refractivity contribution is 7.98. The highest BCUT2D eigenvalue weighted by Gasteiger charge is 2.25. The Morgan fingerprint density at radius 3 is 2.57 bits per heavy atom. The van der Waals surface area contributed by atoms with Gasteiger partial charge < -0.3 is 4.90 Å². The van der Waals surface area contributed by atoms with E-state index in [1.165, 1.54) is 24.2 Å². The third-order valence-electron chi connectivity index (χ3n) is 4.07. The summed E-state index contributed by atoms with van der Waals surface area (Å²) < 4.78 is 0. The normalized spacial score (nSPS) is 15.7. The zero-order valence-electron chi connectivity index (χ0n) is 12.4. The molecule has 1 aliphatic rings. The summed E-state index contributed by atoms with van der Waals surface area (Å²) >= 11 is 1.31. The standard InChI is InChI=1S/C15H20N2O3S/c1-16(12-6-4-3-5-7-12)15(18)11-8-9-14(21-2)13(10-11)17(19)20/h8-10,12H,3-7H2,1-2H3. The molecule has 0 unspecified atom stereocenters. The van der Waals surface area contributed by atoms with Crippen LogP contribution >= 0.6 is 11.8 Å². The van der Waals surface area contributed by atoms with Gasteiger partial charge in [0, 0.05) is 24.7 Å². The van der Waals surface area contributed by atoms with Crippen LogP contribution in [-0.4, -0.2) is 35.1 Å². The monoisotopic (exact) mass is 308 g/mol. The minimum atomic E-state index is -0.427. The molecule has 0 N–H and O–H groups in total. The van der Waals surface area contributed by atoms with Crippen molar-refractivity contribution in [3.05, 3.63) is 33.9 Å². The van der Waals surface area contributed by atoms with Crippen molar-refractivity contribution in [2.24, 2.45) is 0 Å². The van der Waals surface area contributed by atoms with Gasteiger partial charge in [-0.1, -0.05) is 19.3 Å². The summed E-state index contributed by atoms with van der Waals surface area (Å²) in [7, 11) is 1.80. The molecule has 21 heavy (non-hydrogen) atoms. The number of rotatable bonds is 4. The topological polar surface area (TPSA) is 63.5 Å². The maximum atomic E-state index is 12.5. The summed E-state index contributed by atoms with van der Waals surface area (Å²) in [5, 5.41) is 11.1. The van der Waals surface area contributed by atoms with E-state index in [0.29, 0.717) is 10.5 Å². The molecule has 1 aliphatic carbocycles. The SMILES string of the molecule is CSc1ccc(C(=O)N(C)C2CCCCC2)cc1[N+](=O)[O-]. The van der Waals surface area contributed by atoms with E-state index in [-0.39, 0.29) is 17.6 Å². The number of nitro benzene ring substituents is 1. The van der Waals surface area contributed by atoms with Crippen molar-refractivity contribution in [2.75, 3.05) is 13.3 Å². The molecule has 1 fully saturated rings. The number of benzene rings is 1. The second-order valence-corrected chi connectivity index (χ2v) is 6.20. The van der Waals surface area contributed by atoms with Crippen molar-refractivity contribution in [3.8, 4) is 0 Å². The van der Waals surface area contributed by atoms with E-state index in [9.17, 15) is 14.9 Å². The molecule has 0 aliphatic heterocycles. The zero-order chi connectivity index (χ0) is 15.4. The number of nitrogens with zero attached hydrogens (tertiary/aromatic N) is 2. The second kappa shape index (κ2) is 6.93. The van der Waals surface area contributed by atoms with Gasteiger partial charge in [-0.05, 0) is 31.2 Å². The van der Waals surface area contributed by atoms with Crippen LogP contribution < -0.4 is 0 Å². The molecule has 0 bridgehead atoms. The van der Waals surface area contributed by atoms with Crippen LogP contribution in [0.4, 0.5) is 5.69 Å². The van der Waals surface area contributed by atoms with Crippen molar-refractivity contribution in [3.63, 3.8) is 0 Å². The average Bonchev–Trinajstić information content (AvgIpc) is 2.53. The Hall–Kier alpha value is -1.56. The van der Waals surface area contributed by atoms with E-state index in [2.05, 4.69) is 0 Å². The van der Waals surface area contributed by atoms with Crippen LogP contribution in [0.15, 0.2) is 23.1 Å². The molecule has 0 spiro atoms. The first-order chi connectivity index (χ1) is 10.0. The summed E-state index contributed by atoms with van der Waals surface area (Å²) in [6.45, 7) is 0. The summed E-state index contributed by atoms with van der Waals surface area (Å²) in [6, 6.07) is 4.99. The lowest BCUT2D eigenvalue weighted by atomic mass is 9.94. The predicted molar refractivity (Wildman–Crippen MR) is 83.8 cm³/mol. The fourth-order valence-electron chi connectivity index (χ4n) is 2.80. The molecular weight excluding hydrogens is 288 g/mol. The van der Waals surface area contributed by atoms with E-state index in [4.69, 9.17) is 0 Å². The van der Waals surface area contributed by atoms with Crippen molar-refractivity contribution >= 4 is 23.4 Å². The molecule has 1 amide bonds. The van der Waals surface area contributed by atoms with Gasteiger partial charge in [0.25, 0.3) is 11.6 Å². The highest BCUT2D eigenvalue weighted by atomic mass is 32.2.